The van der Waals surface area contributed by atoms with Crippen molar-refractivity contribution in [3.63, 3.8) is 0 Å². The Morgan fingerprint density at radius 3 is 1.16 bits per heavy atom. The highest BCUT2D eigenvalue weighted by molar-refractivity contribution is 6.42. The molecule has 10 heteroatoms. The lowest BCUT2D eigenvalue weighted by Gasteiger charge is -2.07. The molecule has 0 fully saturated rings. The second-order valence-electron chi connectivity index (χ2n) is 14.1. The maximum Gasteiger partial charge on any atom is 0.128 e. The second-order valence-corrected chi connectivity index (χ2v) is 17.4. The Morgan fingerprint density at radius 2 is 0.745 bits per heavy atom. The molecule has 0 nitrogen and oxygen atoms in total. The SMILES string of the molecule is CC(C)c1cc(Cl)ccc1Cl.CC(C)c1cc(Cl)ccc1F.CC(C)c1ccc(Cl)cc1Cl.CC(C)c1ccc(Cl)cc1F.CC(C)c1cccc(Cl)c1Cl. The van der Waals surface area contributed by atoms with Gasteiger partial charge in [0.1, 0.15) is 11.6 Å². The van der Waals surface area contributed by atoms with E-state index in [1.165, 1.54) is 12.1 Å². The predicted molar refractivity (Wildman–Crippen MR) is 243 cm³/mol. The average Bonchev–Trinajstić information content (AvgIpc) is 3.08. The third-order valence-electron chi connectivity index (χ3n) is 7.93. The molecule has 0 unspecified atom stereocenters. The molecule has 0 aliphatic heterocycles. The van der Waals surface area contributed by atoms with Gasteiger partial charge in [0.05, 0.1) is 10.0 Å². The molecule has 5 rings (SSSR count). The summed E-state index contributed by atoms with van der Waals surface area (Å²) in [6.07, 6.45) is 0. The molecular formula is C45H50Cl8F2. The fourth-order valence-electron chi connectivity index (χ4n) is 4.82. The summed E-state index contributed by atoms with van der Waals surface area (Å²) >= 11 is 46.5. The summed E-state index contributed by atoms with van der Waals surface area (Å²) in [7, 11) is 0. The first-order valence-corrected chi connectivity index (χ1v) is 20.8. The Kier molecular flexibility index (Phi) is 23.9. The molecule has 0 aliphatic carbocycles. The third-order valence-corrected chi connectivity index (χ3v) is 10.4. The molecule has 300 valence electrons. The van der Waals surface area contributed by atoms with E-state index in [4.69, 9.17) is 92.8 Å². The van der Waals surface area contributed by atoms with Crippen LogP contribution in [0, 0.1) is 11.6 Å². The lowest BCUT2D eigenvalue weighted by atomic mass is 10.0. The molecule has 5 aromatic rings. The van der Waals surface area contributed by atoms with Crippen molar-refractivity contribution in [2.75, 3.05) is 0 Å². The van der Waals surface area contributed by atoms with E-state index in [1.807, 2.05) is 64.1 Å². The first kappa shape index (κ1) is 51.3. The van der Waals surface area contributed by atoms with E-state index in [2.05, 4.69) is 41.5 Å². The average molecular weight is 913 g/mol. The zero-order chi connectivity index (χ0) is 42.2. The van der Waals surface area contributed by atoms with Crippen LogP contribution in [0.15, 0.2) is 91.0 Å². The van der Waals surface area contributed by atoms with Crippen molar-refractivity contribution in [1.29, 1.82) is 0 Å². The minimum Gasteiger partial charge on any atom is -0.207 e. The summed E-state index contributed by atoms with van der Waals surface area (Å²) in [5.74, 6) is 1.33. The van der Waals surface area contributed by atoms with Crippen LogP contribution in [0.1, 0.15) is 127 Å². The number of benzene rings is 5. The minimum absolute atomic E-state index is 0.176. The van der Waals surface area contributed by atoms with Crippen molar-refractivity contribution in [2.45, 2.75) is 98.8 Å². The summed E-state index contributed by atoms with van der Waals surface area (Å²) in [6.45, 7) is 20.4. The highest BCUT2D eigenvalue weighted by atomic mass is 35.5. The third kappa shape index (κ3) is 18.6. The van der Waals surface area contributed by atoms with Crippen LogP contribution in [0.3, 0.4) is 0 Å². The predicted octanol–water partition coefficient (Wildman–Crippen LogP) is 19.6. The van der Waals surface area contributed by atoms with E-state index < -0.39 is 0 Å². The standard InChI is InChI=1S/3C9H10Cl2.2C9H10ClF/c1-6(2)8-5-7(10)3-4-9(8)11;1-6(2)8-4-3-7(10)5-9(8)11;1-6(2)7-4-3-5-8(10)9(7)11;1-6(2)8-5-7(10)3-4-9(8)11;1-6(2)8-4-3-7(10)5-9(8)11/h5*3-6H,1-2H3. The lowest BCUT2D eigenvalue weighted by molar-refractivity contribution is 0.598. The van der Waals surface area contributed by atoms with Crippen LogP contribution in [-0.4, -0.2) is 0 Å². The fourth-order valence-corrected chi connectivity index (χ4v) is 6.83. The molecule has 0 amide bonds. The molecule has 0 bridgehead atoms. The Morgan fingerprint density at radius 1 is 0.327 bits per heavy atom. The van der Waals surface area contributed by atoms with Crippen molar-refractivity contribution in [3.8, 4) is 0 Å². The highest BCUT2D eigenvalue weighted by Crippen LogP contribution is 2.31. The van der Waals surface area contributed by atoms with Crippen LogP contribution in [0.25, 0.3) is 0 Å². The zero-order valence-corrected chi connectivity index (χ0v) is 38.9. The molecular weight excluding hydrogens is 862 g/mol. The van der Waals surface area contributed by atoms with E-state index in [1.54, 1.807) is 42.5 Å². The van der Waals surface area contributed by atoms with Gasteiger partial charge in [-0.15, -0.1) is 0 Å². The zero-order valence-electron chi connectivity index (χ0n) is 32.8. The quantitative estimate of drug-likeness (QED) is 0.165. The summed E-state index contributed by atoms with van der Waals surface area (Å²) in [6, 6.07) is 26.3. The van der Waals surface area contributed by atoms with Crippen molar-refractivity contribution < 1.29 is 8.78 Å². The van der Waals surface area contributed by atoms with Crippen molar-refractivity contribution >= 4 is 92.8 Å². The molecule has 0 radical (unpaired) electrons. The van der Waals surface area contributed by atoms with E-state index >= 15 is 0 Å². The van der Waals surface area contributed by atoms with Gasteiger partial charge in [0.15, 0.2) is 0 Å². The van der Waals surface area contributed by atoms with Gasteiger partial charge in [-0.05, 0) is 124 Å². The van der Waals surface area contributed by atoms with Gasteiger partial charge in [-0.2, -0.15) is 0 Å². The van der Waals surface area contributed by atoms with Crippen LogP contribution in [0.2, 0.25) is 40.2 Å². The van der Waals surface area contributed by atoms with Crippen LogP contribution >= 0.6 is 92.8 Å². The number of hydrogen-bond acceptors (Lipinski definition) is 0. The number of rotatable bonds is 5. The van der Waals surface area contributed by atoms with Crippen molar-refractivity contribution in [3.05, 3.63) is 171 Å². The van der Waals surface area contributed by atoms with Crippen LogP contribution in [0.5, 0.6) is 0 Å². The number of halogens is 10. The van der Waals surface area contributed by atoms with Gasteiger partial charge in [0, 0.05) is 30.1 Å². The normalized spacial score (nSPS) is 10.6. The molecule has 0 spiro atoms. The molecule has 0 N–H and O–H groups in total. The van der Waals surface area contributed by atoms with Crippen molar-refractivity contribution in [1.82, 2.24) is 0 Å². The van der Waals surface area contributed by atoms with Crippen molar-refractivity contribution in [2.24, 2.45) is 0 Å². The van der Waals surface area contributed by atoms with E-state index in [0.717, 1.165) is 37.3 Å². The van der Waals surface area contributed by atoms with Gasteiger partial charge in [-0.25, -0.2) is 8.78 Å². The van der Waals surface area contributed by atoms with Gasteiger partial charge in [0.2, 0.25) is 0 Å². The molecule has 5 aromatic carbocycles. The molecule has 0 atom stereocenters. The minimum atomic E-state index is -0.215. The van der Waals surface area contributed by atoms with Gasteiger partial charge in [-0.1, -0.05) is 186 Å². The lowest BCUT2D eigenvalue weighted by Crippen LogP contribution is -1.91. The van der Waals surface area contributed by atoms with Crippen LogP contribution in [-0.2, 0) is 0 Å². The largest absolute Gasteiger partial charge is 0.207 e. The fraction of sp³-hybridized carbons (Fsp3) is 0.333. The monoisotopic (exact) mass is 908 g/mol. The van der Waals surface area contributed by atoms with Crippen LogP contribution in [0.4, 0.5) is 8.78 Å². The Bertz CT molecular complexity index is 1800. The second kappa shape index (κ2) is 25.6. The topological polar surface area (TPSA) is 0 Å². The summed E-state index contributed by atoms with van der Waals surface area (Å²) < 4.78 is 26.0. The smallest absolute Gasteiger partial charge is 0.128 e. The van der Waals surface area contributed by atoms with Gasteiger partial charge >= 0.3 is 0 Å². The first-order valence-electron chi connectivity index (χ1n) is 17.8. The molecule has 0 saturated carbocycles. The summed E-state index contributed by atoms with van der Waals surface area (Å²) in [5.41, 5.74) is 4.77. The molecule has 0 saturated heterocycles. The summed E-state index contributed by atoms with van der Waals surface area (Å²) in [4.78, 5) is 0. The first-order chi connectivity index (χ1) is 25.6. The van der Waals surface area contributed by atoms with Gasteiger partial charge in [-0.3, -0.25) is 0 Å². The maximum atomic E-state index is 13.0. The molecule has 55 heavy (non-hydrogen) atoms. The Balaban J connectivity index is 0.000000344. The summed E-state index contributed by atoms with van der Waals surface area (Å²) in [5, 5.41) is 5.36. The Labute approximate surface area is 368 Å². The molecule has 0 aromatic heterocycles. The molecule has 0 aliphatic rings. The maximum absolute atomic E-state index is 13.0. The van der Waals surface area contributed by atoms with E-state index in [9.17, 15) is 8.78 Å². The Hall–Kier alpha value is -1.72. The van der Waals surface area contributed by atoms with Gasteiger partial charge < -0.3 is 0 Å². The highest BCUT2D eigenvalue weighted by Gasteiger charge is 2.09. The van der Waals surface area contributed by atoms with Gasteiger partial charge in [0.25, 0.3) is 0 Å². The number of hydrogen-bond donors (Lipinski definition) is 0. The van der Waals surface area contributed by atoms with E-state index in [-0.39, 0.29) is 23.5 Å². The molecule has 0 heterocycles. The van der Waals surface area contributed by atoms with E-state index in [0.29, 0.717) is 48.4 Å². The van der Waals surface area contributed by atoms with Crippen LogP contribution < -0.4 is 0 Å².